The van der Waals surface area contributed by atoms with E-state index in [0.717, 1.165) is 6.42 Å². The summed E-state index contributed by atoms with van der Waals surface area (Å²) in [6.07, 6.45) is 5.92. The van der Waals surface area contributed by atoms with Gasteiger partial charge in [0, 0.05) is 4.75 Å². The quantitative estimate of drug-likeness (QED) is 0.495. The van der Waals surface area contributed by atoms with Gasteiger partial charge in [-0.3, -0.25) is 0 Å². The molecule has 0 saturated heterocycles. The maximum Gasteiger partial charge on any atom is 0.133 e. The summed E-state index contributed by atoms with van der Waals surface area (Å²) in [6, 6.07) is 0. The highest BCUT2D eigenvalue weighted by atomic mass is 32.2. The van der Waals surface area contributed by atoms with E-state index in [4.69, 9.17) is 5.26 Å². The van der Waals surface area contributed by atoms with Gasteiger partial charge in [-0.15, -0.1) is 0 Å². The average molecular weight is 195 g/mol. The molecule has 0 N–H and O–H groups in total. The molecular weight excluding hydrogens is 178 g/mol. The highest BCUT2D eigenvalue weighted by molar-refractivity contribution is 8.05. The zero-order valence-corrected chi connectivity index (χ0v) is 9.45. The molecule has 0 bridgehead atoms. The van der Waals surface area contributed by atoms with Gasteiger partial charge in [-0.1, -0.05) is 11.6 Å². The summed E-state index contributed by atoms with van der Waals surface area (Å²) in [6.45, 7) is 6.56. The van der Waals surface area contributed by atoms with Crippen LogP contribution in [0.25, 0.3) is 0 Å². The second-order valence-electron chi connectivity index (χ2n) is 4.32. The Bertz CT molecular complexity index is 247. The fourth-order valence-corrected chi connectivity index (χ4v) is 2.41. The summed E-state index contributed by atoms with van der Waals surface area (Å²) in [5, 5.41) is 10.9. The highest BCUT2D eigenvalue weighted by Gasteiger charge is 2.30. The molecule has 0 aromatic rings. The molecule has 72 valence electrons. The van der Waals surface area contributed by atoms with Gasteiger partial charge in [0.15, 0.2) is 0 Å². The van der Waals surface area contributed by atoms with E-state index < -0.39 is 0 Å². The Morgan fingerprint density at radius 3 is 2.77 bits per heavy atom. The summed E-state index contributed by atoms with van der Waals surface area (Å²) in [5.74, 6) is 0.667. The fourth-order valence-electron chi connectivity index (χ4n) is 1.80. The topological polar surface area (TPSA) is 23.8 Å². The lowest BCUT2D eigenvalue weighted by molar-refractivity contribution is 0.385. The number of nitrogens with zero attached hydrogens (tertiary/aromatic N) is 1. The molecule has 0 fully saturated rings. The number of allylic oxidation sites excluding steroid dienone is 2. The molecule has 1 rings (SSSR count). The predicted molar refractivity (Wildman–Crippen MR) is 58.4 cm³/mol. The predicted octanol–water partition coefficient (Wildman–Crippen LogP) is 3.73. The minimum absolute atomic E-state index is 0.117. The Kier molecular flexibility index (Phi) is 3.44. The number of rotatable bonds is 2. The first-order valence-electron chi connectivity index (χ1n) is 4.79. The number of thioether (sulfide) groups is 1. The molecule has 0 saturated carbocycles. The Morgan fingerprint density at radius 2 is 2.31 bits per heavy atom. The second-order valence-corrected chi connectivity index (χ2v) is 5.76. The van der Waals surface area contributed by atoms with E-state index in [2.05, 4.69) is 32.2 Å². The maximum absolute atomic E-state index is 8.68. The van der Waals surface area contributed by atoms with E-state index in [9.17, 15) is 0 Å². The molecular formula is C11H17NS. The minimum Gasteiger partial charge on any atom is -0.185 e. The zero-order chi connectivity index (χ0) is 9.90. The van der Waals surface area contributed by atoms with E-state index in [1.807, 2.05) is 0 Å². The third-order valence-corrected chi connectivity index (χ3v) is 3.88. The molecule has 0 spiro atoms. The van der Waals surface area contributed by atoms with Gasteiger partial charge in [-0.05, 0) is 57.7 Å². The van der Waals surface area contributed by atoms with Crippen molar-refractivity contribution in [1.29, 1.82) is 5.26 Å². The SMILES string of the molecule is CC1=CCC(C(C)(C)SC#N)CC1. The first kappa shape index (κ1) is 10.7. The van der Waals surface area contributed by atoms with Crippen LogP contribution in [-0.2, 0) is 0 Å². The summed E-state index contributed by atoms with van der Waals surface area (Å²) in [5.41, 5.74) is 1.51. The van der Waals surface area contributed by atoms with Crippen molar-refractivity contribution in [2.75, 3.05) is 0 Å². The smallest absolute Gasteiger partial charge is 0.133 e. The van der Waals surface area contributed by atoms with E-state index >= 15 is 0 Å². The molecule has 2 heteroatoms. The van der Waals surface area contributed by atoms with Gasteiger partial charge < -0.3 is 0 Å². The minimum atomic E-state index is 0.117. The highest BCUT2D eigenvalue weighted by Crippen LogP contribution is 2.39. The van der Waals surface area contributed by atoms with Crippen LogP contribution in [0.5, 0.6) is 0 Å². The first-order chi connectivity index (χ1) is 6.06. The Balaban J connectivity index is 2.59. The van der Waals surface area contributed by atoms with Crippen LogP contribution in [0.3, 0.4) is 0 Å². The normalized spacial score (nSPS) is 23.5. The third kappa shape index (κ3) is 2.77. The van der Waals surface area contributed by atoms with Gasteiger partial charge in [0.1, 0.15) is 5.40 Å². The molecule has 0 amide bonds. The average Bonchev–Trinajstić information content (AvgIpc) is 2.05. The number of thiocyanates is 1. The van der Waals surface area contributed by atoms with Crippen molar-refractivity contribution in [2.24, 2.45) is 5.92 Å². The molecule has 0 aromatic heterocycles. The van der Waals surface area contributed by atoms with Crippen molar-refractivity contribution in [3.05, 3.63) is 11.6 Å². The molecule has 0 aromatic carbocycles. The van der Waals surface area contributed by atoms with Gasteiger partial charge in [0.05, 0.1) is 0 Å². The van der Waals surface area contributed by atoms with Gasteiger partial charge in [-0.25, -0.2) is 0 Å². The summed E-state index contributed by atoms with van der Waals surface area (Å²) in [7, 11) is 0. The largest absolute Gasteiger partial charge is 0.185 e. The molecule has 1 unspecified atom stereocenters. The molecule has 0 radical (unpaired) electrons. The number of nitriles is 1. The van der Waals surface area contributed by atoms with Crippen LogP contribution >= 0.6 is 11.8 Å². The monoisotopic (exact) mass is 195 g/mol. The Hall–Kier alpha value is -0.420. The molecule has 0 aliphatic heterocycles. The first-order valence-corrected chi connectivity index (χ1v) is 5.60. The van der Waals surface area contributed by atoms with Crippen molar-refractivity contribution >= 4 is 11.8 Å². The van der Waals surface area contributed by atoms with Crippen LogP contribution in [0.2, 0.25) is 0 Å². The van der Waals surface area contributed by atoms with Crippen molar-refractivity contribution in [1.82, 2.24) is 0 Å². The van der Waals surface area contributed by atoms with Crippen molar-refractivity contribution in [3.8, 4) is 5.40 Å². The summed E-state index contributed by atoms with van der Waals surface area (Å²) in [4.78, 5) is 0. The van der Waals surface area contributed by atoms with E-state index in [-0.39, 0.29) is 4.75 Å². The number of hydrogen-bond donors (Lipinski definition) is 0. The van der Waals surface area contributed by atoms with Gasteiger partial charge >= 0.3 is 0 Å². The van der Waals surface area contributed by atoms with Crippen LogP contribution < -0.4 is 0 Å². The van der Waals surface area contributed by atoms with E-state index in [0.29, 0.717) is 5.92 Å². The lowest BCUT2D eigenvalue weighted by atomic mass is 9.82. The summed E-state index contributed by atoms with van der Waals surface area (Å²) >= 11 is 1.42. The van der Waals surface area contributed by atoms with Crippen LogP contribution in [0.1, 0.15) is 40.0 Å². The summed E-state index contributed by atoms with van der Waals surface area (Å²) < 4.78 is 0.117. The van der Waals surface area contributed by atoms with Gasteiger partial charge in [-0.2, -0.15) is 5.26 Å². The maximum atomic E-state index is 8.68. The lowest BCUT2D eigenvalue weighted by Crippen LogP contribution is -2.28. The van der Waals surface area contributed by atoms with E-state index in [1.165, 1.54) is 30.2 Å². The molecule has 1 aliphatic carbocycles. The van der Waals surface area contributed by atoms with Crippen molar-refractivity contribution < 1.29 is 0 Å². The lowest BCUT2D eigenvalue weighted by Gasteiger charge is -2.33. The van der Waals surface area contributed by atoms with Crippen molar-refractivity contribution in [2.45, 2.75) is 44.8 Å². The van der Waals surface area contributed by atoms with Gasteiger partial charge in [0.2, 0.25) is 0 Å². The van der Waals surface area contributed by atoms with E-state index in [1.54, 1.807) is 0 Å². The zero-order valence-electron chi connectivity index (χ0n) is 8.63. The van der Waals surface area contributed by atoms with Gasteiger partial charge in [0.25, 0.3) is 0 Å². The second kappa shape index (κ2) is 4.19. The Labute approximate surface area is 85.2 Å². The van der Waals surface area contributed by atoms with Crippen LogP contribution in [0.15, 0.2) is 11.6 Å². The molecule has 0 heterocycles. The van der Waals surface area contributed by atoms with Crippen molar-refractivity contribution in [3.63, 3.8) is 0 Å². The molecule has 1 atom stereocenters. The third-order valence-electron chi connectivity index (χ3n) is 2.93. The fraction of sp³-hybridized carbons (Fsp3) is 0.727. The van der Waals surface area contributed by atoms with Crippen LogP contribution in [0.4, 0.5) is 0 Å². The van der Waals surface area contributed by atoms with Crippen LogP contribution in [0, 0.1) is 16.6 Å². The molecule has 1 nitrogen and oxygen atoms in total. The van der Waals surface area contributed by atoms with Crippen LogP contribution in [-0.4, -0.2) is 4.75 Å². The Morgan fingerprint density at radius 1 is 1.62 bits per heavy atom. The molecule has 13 heavy (non-hydrogen) atoms. The number of hydrogen-bond acceptors (Lipinski definition) is 2. The molecule has 1 aliphatic rings. The standard InChI is InChI=1S/C11H17NS/c1-9-4-6-10(7-5-9)11(2,3)13-8-12/h4,10H,5-7H2,1-3H3.